The lowest BCUT2D eigenvalue weighted by molar-refractivity contribution is -0.135. The van der Waals surface area contributed by atoms with Crippen LogP contribution in [-0.2, 0) is 9.53 Å². The summed E-state index contributed by atoms with van der Waals surface area (Å²) in [7, 11) is 1.39. The van der Waals surface area contributed by atoms with E-state index in [4.69, 9.17) is 4.74 Å². The molecule has 84 valence electrons. The highest BCUT2D eigenvalue weighted by Gasteiger charge is 2.05. The third-order valence-corrected chi connectivity index (χ3v) is 2.08. The molecule has 16 heavy (non-hydrogen) atoms. The Bertz CT molecular complexity index is 388. The van der Waals surface area contributed by atoms with Crippen molar-refractivity contribution < 1.29 is 9.53 Å². The van der Waals surface area contributed by atoms with Crippen LogP contribution in [0.4, 0.5) is 0 Å². The molecular weight excluding hydrogens is 200 g/mol. The summed E-state index contributed by atoms with van der Waals surface area (Å²) in [6.45, 7) is 2.02. The van der Waals surface area contributed by atoms with Crippen molar-refractivity contribution in [3.8, 4) is 0 Å². The molecule has 0 aliphatic heterocycles. The lowest BCUT2D eigenvalue weighted by atomic mass is 10.1. The summed E-state index contributed by atoms with van der Waals surface area (Å²) in [5.74, 6) is -0.312. The van der Waals surface area contributed by atoms with Crippen LogP contribution < -0.4 is 0 Å². The van der Waals surface area contributed by atoms with Crippen molar-refractivity contribution in [2.45, 2.75) is 13.3 Å². The maximum atomic E-state index is 11.5. The van der Waals surface area contributed by atoms with Crippen LogP contribution in [0.5, 0.6) is 0 Å². The minimum atomic E-state index is -0.312. The van der Waals surface area contributed by atoms with Crippen molar-refractivity contribution in [2.24, 2.45) is 0 Å². The maximum absolute atomic E-state index is 11.5. The summed E-state index contributed by atoms with van der Waals surface area (Å²) in [4.78, 5) is 11.5. The van der Waals surface area contributed by atoms with Crippen molar-refractivity contribution in [1.29, 1.82) is 0 Å². The lowest BCUT2D eigenvalue weighted by Gasteiger charge is -2.00. The predicted molar refractivity (Wildman–Crippen MR) is 65.9 cm³/mol. The van der Waals surface area contributed by atoms with Gasteiger partial charge in [-0.2, -0.15) is 0 Å². The zero-order valence-electron chi connectivity index (χ0n) is 9.64. The van der Waals surface area contributed by atoms with E-state index in [2.05, 4.69) is 0 Å². The van der Waals surface area contributed by atoms with E-state index in [1.54, 1.807) is 6.08 Å². The number of carbonyl (C=O) groups excluding carboxylic acids is 1. The molecule has 0 saturated heterocycles. The largest absolute Gasteiger partial charge is 0.465 e. The summed E-state index contributed by atoms with van der Waals surface area (Å²) >= 11 is 0. The molecule has 0 atom stereocenters. The Kier molecular flexibility index (Phi) is 5.06. The minimum absolute atomic E-state index is 0.312. The Morgan fingerprint density at radius 3 is 2.56 bits per heavy atom. The highest BCUT2D eigenvalue weighted by atomic mass is 16.5. The Balaban J connectivity index is 2.96. The van der Waals surface area contributed by atoms with Gasteiger partial charge < -0.3 is 4.74 Å². The molecule has 0 aromatic heterocycles. The van der Waals surface area contributed by atoms with Gasteiger partial charge in [-0.15, -0.1) is 0 Å². The maximum Gasteiger partial charge on any atom is 0.337 e. The van der Waals surface area contributed by atoms with Gasteiger partial charge in [0, 0.05) is 0 Å². The number of ether oxygens (including phenoxy) is 1. The first kappa shape index (κ1) is 12.2. The fraction of sp³-hybridized carbons (Fsp3) is 0.214. The normalized spacial score (nSPS) is 11.8. The van der Waals surface area contributed by atoms with Gasteiger partial charge in [-0.25, -0.2) is 4.79 Å². The molecule has 0 fully saturated rings. The van der Waals surface area contributed by atoms with E-state index in [1.807, 2.05) is 49.4 Å². The number of hydrogen-bond donors (Lipinski definition) is 0. The van der Waals surface area contributed by atoms with Gasteiger partial charge in [-0.05, 0) is 18.1 Å². The summed E-state index contributed by atoms with van der Waals surface area (Å²) in [5.41, 5.74) is 1.55. The number of rotatable bonds is 4. The topological polar surface area (TPSA) is 26.3 Å². The van der Waals surface area contributed by atoms with Gasteiger partial charge in [0.1, 0.15) is 0 Å². The molecule has 2 nitrogen and oxygen atoms in total. The zero-order chi connectivity index (χ0) is 11.8. The molecule has 0 spiro atoms. The van der Waals surface area contributed by atoms with Crippen LogP contribution in [-0.4, -0.2) is 13.1 Å². The van der Waals surface area contributed by atoms with Crippen LogP contribution in [0, 0.1) is 0 Å². The number of carbonyl (C=O) groups is 1. The molecule has 1 aromatic rings. The molecule has 0 unspecified atom stereocenters. The number of hydrogen-bond acceptors (Lipinski definition) is 2. The van der Waals surface area contributed by atoms with Crippen molar-refractivity contribution >= 4 is 12.0 Å². The van der Waals surface area contributed by atoms with Crippen LogP contribution in [0.15, 0.2) is 48.1 Å². The van der Waals surface area contributed by atoms with Crippen LogP contribution in [0.2, 0.25) is 0 Å². The third kappa shape index (κ3) is 3.73. The second kappa shape index (κ2) is 6.62. The molecule has 0 amide bonds. The van der Waals surface area contributed by atoms with Crippen molar-refractivity contribution in [1.82, 2.24) is 0 Å². The standard InChI is InChI=1S/C14H16O2/c1-3-4-10-13(14(15)16-2)11-12-8-6-5-7-9-12/h4-11H,3H2,1-2H3/b10-4+,13-11-. The monoisotopic (exact) mass is 216 g/mol. The molecule has 1 rings (SSSR count). The molecule has 1 aromatic carbocycles. The van der Waals surface area contributed by atoms with Gasteiger partial charge in [-0.1, -0.05) is 49.4 Å². The predicted octanol–water partition coefficient (Wildman–Crippen LogP) is 3.21. The molecule has 0 bridgehead atoms. The van der Waals surface area contributed by atoms with E-state index in [0.29, 0.717) is 5.57 Å². The quantitative estimate of drug-likeness (QED) is 0.439. The first-order valence-corrected chi connectivity index (χ1v) is 5.29. The second-order valence-electron chi connectivity index (χ2n) is 3.31. The van der Waals surface area contributed by atoms with Crippen molar-refractivity contribution in [3.05, 3.63) is 53.6 Å². The highest BCUT2D eigenvalue weighted by molar-refractivity contribution is 5.96. The van der Waals surface area contributed by atoms with E-state index in [9.17, 15) is 4.79 Å². The third-order valence-electron chi connectivity index (χ3n) is 2.08. The van der Waals surface area contributed by atoms with Crippen LogP contribution >= 0.6 is 0 Å². The molecular formula is C14H16O2. The van der Waals surface area contributed by atoms with E-state index in [-0.39, 0.29) is 5.97 Å². The first-order chi connectivity index (χ1) is 7.77. The van der Waals surface area contributed by atoms with Gasteiger partial charge in [0.25, 0.3) is 0 Å². The van der Waals surface area contributed by atoms with E-state index >= 15 is 0 Å². The number of benzene rings is 1. The van der Waals surface area contributed by atoms with Gasteiger partial charge in [0.2, 0.25) is 0 Å². The fourth-order valence-corrected chi connectivity index (χ4v) is 1.27. The van der Waals surface area contributed by atoms with Gasteiger partial charge in [0.05, 0.1) is 12.7 Å². The molecule has 0 heterocycles. The Morgan fingerprint density at radius 1 is 1.31 bits per heavy atom. The second-order valence-corrected chi connectivity index (χ2v) is 3.31. The summed E-state index contributed by atoms with van der Waals surface area (Å²) in [6, 6.07) is 9.71. The van der Waals surface area contributed by atoms with Crippen LogP contribution in [0.3, 0.4) is 0 Å². The number of allylic oxidation sites excluding steroid dienone is 1. The molecule has 0 N–H and O–H groups in total. The SMILES string of the molecule is CC/C=C/C(=C/c1ccccc1)C(=O)OC. The summed E-state index contributed by atoms with van der Waals surface area (Å²) < 4.78 is 4.72. The molecule has 0 aliphatic rings. The van der Waals surface area contributed by atoms with Gasteiger partial charge in [0.15, 0.2) is 0 Å². The minimum Gasteiger partial charge on any atom is -0.465 e. The lowest BCUT2D eigenvalue weighted by Crippen LogP contribution is -2.02. The zero-order valence-corrected chi connectivity index (χ0v) is 9.64. The Morgan fingerprint density at radius 2 is 2.00 bits per heavy atom. The molecule has 0 saturated carbocycles. The first-order valence-electron chi connectivity index (χ1n) is 5.29. The average molecular weight is 216 g/mol. The number of methoxy groups -OCH3 is 1. The van der Waals surface area contributed by atoms with E-state index < -0.39 is 0 Å². The highest BCUT2D eigenvalue weighted by Crippen LogP contribution is 2.09. The smallest absolute Gasteiger partial charge is 0.337 e. The van der Waals surface area contributed by atoms with Crippen molar-refractivity contribution in [3.63, 3.8) is 0 Å². The number of esters is 1. The van der Waals surface area contributed by atoms with E-state index in [0.717, 1.165) is 12.0 Å². The van der Waals surface area contributed by atoms with Gasteiger partial charge in [-0.3, -0.25) is 0 Å². The Hall–Kier alpha value is -1.83. The summed E-state index contributed by atoms with van der Waals surface area (Å²) in [5, 5.41) is 0. The van der Waals surface area contributed by atoms with E-state index in [1.165, 1.54) is 7.11 Å². The average Bonchev–Trinajstić information content (AvgIpc) is 2.34. The fourth-order valence-electron chi connectivity index (χ4n) is 1.27. The molecule has 0 radical (unpaired) electrons. The van der Waals surface area contributed by atoms with Crippen LogP contribution in [0.25, 0.3) is 6.08 Å². The summed E-state index contributed by atoms with van der Waals surface area (Å²) in [6.07, 6.45) is 6.44. The van der Waals surface area contributed by atoms with Crippen LogP contribution in [0.1, 0.15) is 18.9 Å². The molecule has 0 aliphatic carbocycles. The van der Waals surface area contributed by atoms with Gasteiger partial charge >= 0.3 is 5.97 Å². The molecule has 2 heteroatoms. The van der Waals surface area contributed by atoms with Crippen molar-refractivity contribution in [2.75, 3.05) is 7.11 Å². The Labute approximate surface area is 96.2 Å².